The van der Waals surface area contributed by atoms with E-state index in [4.69, 9.17) is 0 Å². The summed E-state index contributed by atoms with van der Waals surface area (Å²) in [5.41, 5.74) is 2.91. The van der Waals surface area contributed by atoms with Crippen molar-refractivity contribution < 1.29 is 9.59 Å². The van der Waals surface area contributed by atoms with Gasteiger partial charge in [0.2, 0.25) is 0 Å². The van der Waals surface area contributed by atoms with Gasteiger partial charge in [0.1, 0.15) is 12.0 Å². The number of carbonyl (C=O) groups is 2. The minimum absolute atomic E-state index is 0.0160. The van der Waals surface area contributed by atoms with Crippen LogP contribution in [-0.2, 0) is 13.5 Å². The number of Topliss-reactive ketones (excluding diaryl/α,β-unsaturated/α-hetero) is 1. The van der Waals surface area contributed by atoms with E-state index in [1.807, 2.05) is 28.6 Å². The average molecular weight is 450 g/mol. The molecule has 0 unspecified atom stereocenters. The summed E-state index contributed by atoms with van der Waals surface area (Å²) in [5.74, 6) is -0.109. The van der Waals surface area contributed by atoms with E-state index in [2.05, 4.69) is 34.2 Å². The molecule has 1 saturated heterocycles. The van der Waals surface area contributed by atoms with Gasteiger partial charge >= 0.3 is 0 Å². The number of thioether (sulfide) groups is 1. The summed E-state index contributed by atoms with van der Waals surface area (Å²) in [4.78, 5) is 31.8. The molecule has 0 radical (unpaired) electrons. The second kappa shape index (κ2) is 10.1. The fourth-order valence-electron chi connectivity index (χ4n) is 3.83. The first-order chi connectivity index (χ1) is 15.5. The molecule has 0 bridgehead atoms. The predicted molar refractivity (Wildman–Crippen MR) is 124 cm³/mol. The molecule has 1 fully saturated rings. The van der Waals surface area contributed by atoms with Crippen molar-refractivity contribution in [2.24, 2.45) is 7.05 Å². The normalized spacial score (nSPS) is 14.9. The Bertz CT molecular complexity index is 1110. The lowest BCUT2D eigenvalue weighted by Gasteiger charge is -2.26. The second-order valence-electron chi connectivity index (χ2n) is 8.11. The number of hydrogen-bond donors (Lipinski definition) is 0. The van der Waals surface area contributed by atoms with E-state index < -0.39 is 0 Å². The topological polar surface area (TPSA) is 81.0 Å². The fourth-order valence-corrected chi connectivity index (χ4v) is 4.74. The second-order valence-corrected chi connectivity index (χ2v) is 9.42. The Morgan fingerprint density at radius 2 is 1.94 bits per heavy atom. The number of amides is 1. The van der Waals surface area contributed by atoms with E-state index in [0.717, 1.165) is 42.2 Å². The zero-order chi connectivity index (χ0) is 22.5. The number of hydrogen-bond acceptors (Lipinski definition) is 6. The molecule has 1 aliphatic rings. The minimum atomic E-state index is -0.0935. The third-order valence-corrected chi connectivity index (χ3v) is 6.88. The highest BCUT2D eigenvalue weighted by Crippen LogP contribution is 2.33. The van der Waals surface area contributed by atoms with E-state index in [-0.39, 0.29) is 23.4 Å². The number of likely N-dealkylation sites (tertiary alicyclic amines) is 1. The van der Waals surface area contributed by atoms with Crippen LogP contribution < -0.4 is 0 Å². The Balaban J connectivity index is 1.44. The zero-order valence-corrected chi connectivity index (χ0v) is 19.2. The molecule has 3 aromatic rings. The van der Waals surface area contributed by atoms with Gasteiger partial charge in [-0.15, -0.1) is 10.2 Å². The molecule has 1 aliphatic heterocycles. The molecule has 0 saturated carbocycles. The number of carbonyl (C=O) groups excluding carboxylic acids is 2. The Hall–Kier alpha value is -3.00. The van der Waals surface area contributed by atoms with Gasteiger partial charge in [-0.3, -0.25) is 14.6 Å². The molecule has 8 heteroatoms. The van der Waals surface area contributed by atoms with Crippen molar-refractivity contribution in [1.29, 1.82) is 0 Å². The van der Waals surface area contributed by atoms with E-state index in [9.17, 15) is 9.59 Å². The number of nitrogens with zero attached hydrogens (tertiary/aromatic N) is 5. The molecule has 1 aromatic carbocycles. The van der Waals surface area contributed by atoms with Gasteiger partial charge < -0.3 is 9.47 Å². The predicted octanol–water partition coefficient (Wildman–Crippen LogP) is 4.11. The number of benzene rings is 1. The highest BCUT2D eigenvalue weighted by molar-refractivity contribution is 7.99. The summed E-state index contributed by atoms with van der Waals surface area (Å²) < 4.78 is 1.89. The van der Waals surface area contributed by atoms with Crippen molar-refractivity contribution in [1.82, 2.24) is 24.6 Å². The molecule has 32 heavy (non-hydrogen) atoms. The summed E-state index contributed by atoms with van der Waals surface area (Å²) in [6, 6.07) is 11.3. The summed E-state index contributed by atoms with van der Waals surface area (Å²) >= 11 is 1.62. The summed E-state index contributed by atoms with van der Waals surface area (Å²) in [7, 11) is 1.92. The van der Waals surface area contributed by atoms with E-state index in [1.165, 1.54) is 6.42 Å². The lowest BCUT2D eigenvalue weighted by atomic mass is 10.0. The summed E-state index contributed by atoms with van der Waals surface area (Å²) in [5, 5.41) is 9.06. The monoisotopic (exact) mass is 449 g/mol. The van der Waals surface area contributed by atoms with Crippen molar-refractivity contribution in [2.75, 3.05) is 13.1 Å². The molecule has 1 amide bonds. The standard InChI is InChI=1S/C24H27N5O2S/c1-17(32-24-27-26-16-28(24)2)19-8-6-7-18(13-19)14-22(30)21-15-20(9-10-25-21)23(31)29-11-4-3-5-12-29/h6-10,13,15-17H,3-5,11-12,14H2,1-2H3/t17-/m0/s1. The molecule has 1 atom stereocenters. The largest absolute Gasteiger partial charge is 0.339 e. The highest BCUT2D eigenvalue weighted by Gasteiger charge is 2.20. The molecule has 0 N–H and O–H groups in total. The van der Waals surface area contributed by atoms with Gasteiger partial charge in [-0.05, 0) is 49.4 Å². The van der Waals surface area contributed by atoms with Crippen LogP contribution in [0, 0.1) is 0 Å². The number of rotatable bonds is 7. The zero-order valence-electron chi connectivity index (χ0n) is 18.4. The van der Waals surface area contributed by atoms with Gasteiger partial charge in [-0.2, -0.15) is 0 Å². The van der Waals surface area contributed by atoms with Crippen LogP contribution in [0.1, 0.15) is 63.4 Å². The molecular weight excluding hydrogens is 422 g/mol. The number of piperidine rings is 1. The first-order valence-electron chi connectivity index (χ1n) is 10.9. The Kier molecular flexibility index (Phi) is 6.99. The Morgan fingerprint density at radius 3 is 2.69 bits per heavy atom. The number of aryl methyl sites for hydroxylation is 1. The molecule has 2 aromatic heterocycles. The van der Waals surface area contributed by atoms with E-state index in [1.54, 1.807) is 36.4 Å². The Morgan fingerprint density at radius 1 is 1.12 bits per heavy atom. The van der Waals surface area contributed by atoms with E-state index in [0.29, 0.717) is 11.3 Å². The van der Waals surface area contributed by atoms with Crippen molar-refractivity contribution in [3.8, 4) is 0 Å². The third-order valence-electron chi connectivity index (χ3n) is 5.67. The first-order valence-corrected chi connectivity index (χ1v) is 11.8. The minimum Gasteiger partial charge on any atom is -0.339 e. The lowest BCUT2D eigenvalue weighted by Crippen LogP contribution is -2.35. The molecule has 166 valence electrons. The quantitative estimate of drug-likeness (QED) is 0.399. The summed E-state index contributed by atoms with van der Waals surface area (Å²) in [6.45, 7) is 3.67. The van der Waals surface area contributed by atoms with Crippen LogP contribution >= 0.6 is 11.8 Å². The smallest absolute Gasteiger partial charge is 0.253 e. The van der Waals surface area contributed by atoms with Crippen molar-refractivity contribution in [3.05, 3.63) is 71.3 Å². The van der Waals surface area contributed by atoms with Gasteiger partial charge in [0, 0.05) is 43.6 Å². The Labute approximate surface area is 192 Å². The molecule has 0 spiro atoms. The fraction of sp³-hybridized carbons (Fsp3) is 0.375. The molecule has 0 aliphatic carbocycles. The molecule has 3 heterocycles. The van der Waals surface area contributed by atoms with Gasteiger partial charge in [0.05, 0.1) is 0 Å². The number of pyridine rings is 1. The van der Waals surface area contributed by atoms with Crippen LogP contribution in [0.15, 0.2) is 54.1 Å². The maximum Gasteiger partial charge on any atom is 0.253 e. The summed E-state index contributed by atoms with van der Waals surface area (Å²) in [6.07, 6.45) is 6.71. The van der Waals surface area contributed by atoms with Crippen molar-refractivity contribution in [3.63, 3.8) is 0 Å². The third kappa shape index (κ3) is 5.24. The van der Waals surface area contributed by atoms with Crippen LogP contribution in [-0.4, -0.2) is 49.4 Å². The maximum absolute atomic E-state index is 12.9. The van der Waals surface area contributed by atoms with Gasteiger partial charge in [0.15, 0.2) is 10.9 Å². The van der Waals surface area contributed by atoms with Crippen molar-refractivity contribution >= 4 is 23.5 Å². The van der Waals surface area contributed by atoms with Crippen LogP contribution in [0.4, 0.5) is 0 Å². The molecule has 4 rings (SSSR count). The average Bonchev–Trinajstić information content (AvgIpc) is 3.23. The van der Waals surface area contributed by atoms with Crippen LogP contribution in [0.25, 0.3) is 0 Å². The van der Waals surface area contributed by atoms with Crippen LogP contribution in [0.2, 0.25) is 0 Å². The van der Waals surface area contributed by atoms with Gasteiger partial charge in [-0.25, -0.2) is 0 Å². The van der Waals surface area contributed by atoms with Crippen LogP contribution in [0.3, 0.4) is 0 Å². The van der Waals surface area contributed by atoms with Gasteiger partial charge in [0.25, 0.3) is 5.91 Å². The van der Waals surface area contributed by atoms with E-state index >= 15 is 0 Å². The molecule has 7 nitrogen and oxygen atoms in total. The highest BCUT2D eigenvalue weighted by atomic mass is 32.2. The SMILES string of the molecule is C[C@H](Sc1nncn1C)c1cccc(CC(=O)c2cc(C(=O)N3CCCCC3)ccn2)c1. The molecular formula is C24H27N5O2S. The lowest BCUT2D eigenvalue weighted by molar-refractivity contribution is 0.0724. The van der Waals surface area contributed by atoms with Crippen LogP contribution in [0.5, 0.6) is 0 Å². The van der Waals surface area contributed by atoms with Gasteiger partial charge in [-0.1, -0.05) is 36.0 Å². The number of ketones is 1. The first kappa shape index (κ1) is 22.2. The van der Waals surface area contributed by atoms with Crippen molar-refractivity contribution in [2.45, 2.75) is 43.0 Å². The maximum atomic E-state index is 12.9. The number of aromatic nitrogens is 4.